The van der Waals surface area contributed by atoms with E-state index in [0.717, 1.165) is 29.8 Å². The monoisotopic (exact) mass is 504 g/mol. The van der Waals surface area contributed by atoms with Gasteiger partial charge in [-0.25, -0.2) is 4.79 Å². The maximum atomic E-state index is 12.7. The van der Waals surface area contributed by atoms with Crippen LogP contribution in [0.15, 0.2) is 29.2 Å². The van der Waals surface area contributed by atoms with Gasteiger partial charge in [0.25, 0.3) is 5.91 Å². The highest BCUT2D eigenvalue weighted by Crippen LogP contribution is 2.32. The van der Waals surface area contributed by atoms with E-state index in [1.54, 1.807) is 35.2 Å². The molecule has 1 aromatic heterocycles. The lowest BCUT2D eigenvalue weighted by Crippen LogP contribution is -2.29. The average molecular weight is 505 g/mol. The molecule has 0 unspecified atom stereocenters. The highest BCUT2D eigenvalue weighted by Gasteiger charge is 2.31. The predicted octanol–water partition coefficient (Wildman–Crippen LogP) is 4.29. The third kappa shape index (κ3) is 6.92. The van der Waals surface area contributed by atoms with Gasteiger partial charge >= 0.3 is 5.97 Å². The van der Waals surface area contributed by atoms with Crippen LogP contribution in [0.4, 0.5) is 5.13 Å². The Labute approximate surface area is 205 Å². The molecule has 1 fully saturated rings. The van der Waals surface area contributed by atoms with Gasteiger partial charge in [0.2, 0.25) is 11.0 Å². The topological polar surface area (TPSA) is 101 Å². The number of nitrogens with one attached hydrogen (secondary N) is 1. The maximum absolute atomic E-state index is 12.7. The van der Waals surface area contributed by atoms with Crippen molar-refractivity contribution in [1.82, 2.24) is 15.1 Å². The van der Waals surface area contributed by atoms with Gasteiger partial charge in [-0.2, -0.15) is 0 Å². The molecule has 1 aromatic carbocycles. The van der Waals surface area contributed by atoms with Crippen molar-refractivity contribution in [2.75, 3.05) is 19.0 Å². The molecular formula is C22H24N4O4S3. The van der Waals surface area contributed by atoms with Gasteiger partial charge in [-0.05, 0) is 43.0 Å². The molecule has 2 amide bonds. The number of nitrogens with zero attached hydrogens (tertiary/aromatic N) is 3. The van der Waals surface area contributed by atoms with E-state index in [2.05, 4.69) is 15.5 Å². The van der Waals surface area contributed by atoms with Crippen LogP contribution in [-0.2, 0) is 20.7 Å². The van der Waals surface area contributed by atoms with Crippen molar-refractivity contribution in [3.8, 4) is 0 Å². The number of anilines is 1. The first-order valence-electron chi connectivity index (χ1n) is 10.5. The number of aryl methyl sites for hydroxylation is 1. The molecule has 0 atom stereocenters. The van der Waals surface area contributed by atoms with E-state index in [1.165, 1.54) is 30.2 Å². The Morgan fingerprint density at radius 3 is 2.61 bits per heavy atom. The second-order valence-corrected chi connectivity index (χ2v) is 9.90. The van der Waals surface area contributed by atoms with Crippen molar-refractivity contribution in [2.45, 2.75) is 39.0 Å². The number of unbranched alkanes of at least 4 members (excludes halogenated alkanes) is 2. The van der Waals surface area contributed by atoms with Gasteiger partial charge in [0.05, 0.1) is 17.6 Å². The van der Waals surface area contributed by atoms with Gasteiger partial charge in [0.1, 0.15) is 9.33 Å². The summed E-state index contributed by atoms with van der Waals surface area (Å²) in [5.41, 5.74) is 1.25. The Bertz CT molecular complexity index is 1070. The van der Waals surface area contributed by atoms with Crippen molar-refractivity contribution in [3.05, 3.63) is 45.3 Å². The van der Waals surface area contributed by atoms with Crippen LogP contribution in [0.3, 0.4) is 0 Å². The van der Waals surface area contributed by atoms with E-state index in [0.29, 0.717) is 39.3 Å². The van der Waals surface area contributed by atoms with Crippen molar-refractivity contribution < 1.29 is 19.1 Å². The normalized spacial score (nSPS) is 14.7. The van der Waals surface area contributed by atoms with E-state index in [-0.39, 0.29) is 11.8 Å². The van der Waals surface area contributed by atoms with Gasteiger partial charge in [-0.1, -0.05) is 60.8 Å². The van der Waals surface area contributed by atoms with Crippen LogP contribution in [-0.4, -0.2) is 50.9 Å². The van der Waals surface area contributed by atoms with Gasteiger partial charge in [-0.15, -0.1) is 10.2 Å². The second-order valence-electron chi connectivity index (χ2n) is 7.16. The summed E-state index contributed by atoms with van der Waals surface area (Å²) < 4.78 is 5.22. The fourth-order valence-electron chi connectivity index (χ4n) is 3.04. The number of thiocarbonyl (C=S) groups is 1. The van der Waals surface area contributed by atoms with Crippen molar-refractivity contribution in [3.63, 3.8) is 0 Å². The number of amides is 2. The van der Waals surface area contributed by atoms with Crippen molar-refractivity contribution in [1.29, 1.82) is 0 Å². The van der Waals surface area contributed by atoms with Gasteiger partial charge < -0.3 is 10.1 Å². The molecule has 1 saturated heterocycles. The summed E-state index contributed by atoms with van der Waals surface area (Å²) in [6, 6.07) is 6.83. The maximum Gasteiger partial charge on any atom is 0.337 e. The molecule has 174 valence electrons. The molecule has 2 heterocycles. The van der Waals surface area contributed by atoms with Crippen LogP contribution < -0.4 is 5.32 Å². The number of benzene rings is 1. The van der Waals surface area contributed by atoms with Crippen LogP contribution in [0.2, 0.25) is 0 Å². The lowest BCUT2D eigenvalue weighted by molar-refractivity contribution is -0.122. The summed E-state index contributed by atoms with van der Waals surface area (Å²) >= 11 is 8.03. The molecule has 33 heavy (non-hydrogen) atoms. The van der Waals surface area contributed by atoms with Gasteiger partial charge in [0.15, 0.2) is 0 Å². The first-order chi connectivity index (χ1) is 15.9. The van der Waals surface area contributed by atoms with E-state index in [4.69, 9.17) is 17.0 Å². The first-order valence-corrected chi connectivity index (χ1v) is 12.5. The highest BCUT2D eigenvalue weighted by atomic mass is 32.2. The minimum atomic E-state index is -0.406. The molecule has 0 bridgehead atoms. The first kappa shape index (κ1) is 25.0. The Balaban J connectivity index is 1.43. The third-order valence-corrected chi connectivity index (χ3v) is 7.17. The Morgan fingerprint density at radius 2 is 1.94 bits per heavy atom. The summed E-state index contributed by atoms with van der Waals surface area (Å²) in [7, 11) is 1.33. The van der Waals surface area contributed by atoms with E-state index in [1.807, 2.05) is 6.92 Å². The zero-order valence-corrected chi connectivity index (χ0v) is 20.8. The lowest BCUT2D eigenvalue weighted by atomic mass is 10.1. The molecule has 1 N–H and O–H groups in total. The Hall–Kier alpha value is -2.63. The predicted molar refractivity (Wildman–Crippen MR) is 134 cm³/mol. The van der Waals surface area contributed by atoms with Crippen LogP contribution in [0.1, 0.15) is 53.5 Å². The third-order valence-electron chi connectivity index (χ3n) is 4.80. The van der Waals surface area contributed by atoms with E-state index < -0.39 is 5.97 Å². The van der Waals surface area contributed by atoms with Gasteiger partial charge in [0, 0.05) is 13.0 Å². The fraction of sp³-hybridized carbons (Fsp3) is 0.364. The molecule has 0 spiro atoms. The van der Waals surface area contributed by atoms with E-state index in [9.17, 15) is 14.4 Å². The van der Waals surface area contributed by atoms with Crippen LogP contribution >= 0.6 is 35.3 Å². The quantitative estimate of drug-likeness (QED) is 0.221. The van der Waals surface area contributed by atoms with Crippen LogP contribution in [0.25, 0.3) is 6.08 Å². The number of hydrogen-bond acceptors (Lipinski definition) is 9. The fourth-order valence-corrected chi connectivity index (χ4v) is 5.04. The smallest absolute Gasteiger partial charge is 0.337 e. The molecule has 0 saturated carbocycles. The zero-order valence-electron chi connectivity index (χ0n) is 18.3. The number of rotatable bonds is 10. The second kappa shape index (κ2) is 12.0. The number of methoxy groups -OCH3 is 1. The summed E-state index contributed by atoms with van der Waals surface area (Å²) in [5, 5.41) is 12.1. The largest absolute Gasteiger partial charge is 0.465 e. The molecule has 1 aliphatic rings. The molecule has 0 aliphatic carbocycles. The average Bonchev–Trinajstić information content (AvgIpc) is 3.37. The Kier molecular flexibility index (Phi) is 9.10. The minimum Gasteiger partial charge on any atom is -0.465 e. The number of hydrogen-bond donors (Lipinski definition) is 1. The summed E-state index contributed by atoms with van der Waals surface area (Å²) in [6.45, 7) is 2.51. The number of aromatic nitrogens is 2. The molecule has 0 radical (unpaired) electrons. The van der Waals surface area contributed by atoms with E-state index >= 15 is 0 Å². The lowest BCUT2D eigenvalue weighted by Gasteiger charge is -2.14. The van der Waals surface area contributed by atoms with Crippen molar-refractivity contribution >= 4 is 68.6 Å². The molecule has 8 nitrogen and oxygen atoms in total. The molecule has 1 aliphatic heterocycles. The summed E-state index contributed by atoms with van der Waals surface area (Å²) in [6.07, 6.45) is 5.21. The molecular weight excluding hydrogens is 480 g/mol. The standard InChI is InChI=1S/C22H24N4O4S3/c1-3-18-24-25-21(33-18)23-17(27)7-5-4-6-12-26-19(28)16(32-22(26)31)13-14-8-10-15(11-9-14)20(29)30-2/h8-11,13H,3-7,12H2,1-2H3,(H,23,25,27)/b16-13-. The van der Waals surface area contributed by atoms with Crippen molar-refractivity contribution in [2.24, 2.45) is 0 Å². The van der Waals surface area contributed by atoms with Crippen LogP contribution in [0, 0.1) is 0 Å². The Morgan fingerprint density at radius 1 is 1.18 bits per heavy atom. The summed E-state index contributed by atoms with van der Waals surface area (Å²) in [5.74, 6) is -0.612. The summed E-state index contributed by atoms with van der Waals surface area (Å²) in [4.78, 5) is 38.5. The molecule has 3 rings (SSSR count). The number of ether oxygens (including phenoxy) is 1. The zero-order chi connectivity index (χ0) is 23.8. The number of thioether (sulfide) groups is 1. The number of carbonyl (C=O) groups excluding carboxylic acids is 3. The SMILES string of the molecule is CCc1nnc(NC(=O)CCCCCN2C(=O)/C(=C/c3ccc(C(=O)OC)cc3)SC2=S)s1. The number of esters is 1. The molecule has 11 heteroatoms. The highest BCUT2D eigenvalue weighted by molar-refractivity contribution is 8.26. The van der Waals surface area contributed by atoms with Crippen LogP contribution in [0.5, 0.6) is 0 Å². The number of carbonyl (C=O) groups is 3. The molecule has 2 aromatic rings. The van der Waals surface area contributed by atoms with Gasteiger partial charge in [-0.3, -0.25) is 14.5 Å². The minimum absolute atomic E-state index is 0.0828.